The van der Waals surface area contributed by atoms with E-state index in [4.69, 9.17) is 5.11 Å². The predicted molar refractivity (Wildman–Crippen MR) is 79.2 cm³/mol. The molecule has 21 heavy (non-hydrogen) atoms. The molecule has 2 heterocycles. The zero-order chi connectivity index (χ0) is 15.4. The summed E-state index contributed by atoms with van der Waals surface area (Å²) in [5.41, 5.74) is 1.55. The molecule has 1 amide bonds. The minimum absolute atomic E-state index is 0.0140. The van der Waals surface area contributed by atoms with Crippen LogP contribution in [-0.2, 0) is 16.1 Å². The molecule has 8 heteroatoms. The van der Waals surface area contributed by atoms with Crippen molar-refractivity contribution in [1.82, 2.24) is 19.4 Å². The van der Waals surface area contributed by atoms with Gasteiger partial charge in [-0.1, -0.05) is 11.8 Å². The van der Waals surface area contributed by atoms with Crippen molar-refractivity contribution in [2.45, 2.75) is 18.1 Å². The standard InChI is InChI=1S/C13H16N4O3S/c1-16(2)11(18)4-6-17-10-3-5-14-7-9(10)15-13(17)21-8-12(19)20/h3,5,7H,4,6,8H2,1-2H3,(H,19,20). The summed E-state index contributed by atoms with van der Waals surface area (Å²) in [6, 6.07) is 1.81. The summed E-state index contributed by atoms with van der Waals surface area (Å²) in [4.78, 5) is 32.4. The minimum Gasteiger partial charge on any atom is -0.481 e. The second-order valence-electron chi connectivity index (χ2n) is 4.63. The number of pyridine rings is 1. The Labute approximate surface area is 126 Å². The van der Waals surface area contributed by atoms with E-state index >= 15 is 0 Å². The zero-order valence-electron chi connectivity index (χ0n) is 11.8. The van der Waals surface area contributed by atoms with E-state index < -0.39 is 5.97 Å². The largest absolute Gasteiger partial charge is 0.481 e. The van der Waals surface area contributed by atoms with E-state index in [0.29, 0.717) is 23.6 Å². The maximum atomic E-state index is 11.7. The highest BCUT2D eigenvalue weighted by atomic mass is 32.2. The van der Waals surface area contributed by atoms with Crippen LogP contribution in [0.15, 0.2) is 23.6 Å². The van der Waals surface area contributed by atoms with Gasteiger partial charge in [-0.25, -0.2) is 4.98 Å². The molecule has 0 atom stereocenters. The Morgan fingerprint density at radius 2 is 2.19 bits per heavy atom. The maximum absolute atomic E-state index is 11.7. The summed E-state index contributed by atoms with van der Waals surface area (Å²) in [7, 11) is 3.41. The maximum Gasteiger partial charge on any atom is 0.313 e. The fourth-order valence-corrected chi connectivity index (χ4v) is 2.60. The summed E-state index contributed by atoms with van der Waals surface area (Å²) < 4.78 is 1.87. The van der Waals surface area contributed by atoms with Crippen molar-refractivity contribution in [2.24, 2.45) is 0 Å². The number of fused-ring (bicyclic) bond motifs is 1. The second kappa shape index (κ2) is 6.57. The molecule has 0 aliphatic heterocycles. The quantitative estimate of drug-likeness (QED) is 0.804. The first-order valence-corrected chi connectivity index (χ1v) is 7.32. The highest BCUT2D eigenvalue weighted by molar-refractivity contribution is 7.99. The van der Waals surface area contributed by atoms with Crippen molar-refractivity contribution in [3.8, 4) is 0 Å². The molecule has 0 bridgehead atoms. The number of imidazole rings is 1. The number of carbonyl (C=O) groups is 2. The fraction of sp³-hybridized carbons (Fsp3) is 0.385. The number of nitrogens with zero attached hydrogens (tertiary/aromatic N) is 4. The van der Waals surface area contributed by atoms with E-state index in [1.54, 1.807) is 26.5 Å². The molecule has 0 fully saturated rings. The summed E-state index contributed by atoms with van der Waals surface area (Å²) in [6.07, 6.45) is 3.62. The van der Waals surface area contributed by atoms with Gasteiger partial charge in [-0.2, -0.15) is 0 Å². The Kier molecular flexibility index (Phi) is 4.79. The Balaban J connectivity index is 2.27. The number of rotatable bonds is 6. The van der Waals surface area contributed by atoms with Crippen LogP contribution in [0.1, 0.15) is 6.42 Å². The van der Waals surface area contributed by atoms with Crippen LogP contribution in [0, 0.1) is 0 Å². The zero-order valence-corrected chi connectivity index (χ0v) is 12.6. The number of carbonyl (C=O) groups excluding carboxylic acids is 1. The SMILES string of the molecule is CN(C)C(=O)CCn1c(SCC(=O)O)nc2cnccc21. The highest BCUT2D eigenvalue weighted by Crippen LogP contribution is 2.23. The number of aliphatic carboxylic acids is 1. The molecule has 0 aliphatic rings. The Hall–Kier alpha value is -2.09. The molecule has 2 aromatic heterocycles. The molecule has 0 saturated carbocycles. The van der Waals surface area contributed by atoms with Crippen LogP contribution in [0.3, 0.4) is 0 Å². The Morgan fingerprint density at radius 1 is 1.43 bits per heavy atom. The Morgan fingerprint density at radius 3 is 2.86 bits per heavy atom. The lowest BCUT2D eigenvalue weighted by molar-refractivity contribution is -0.134. The molecule has 0 unspecified atom stereocenters. The normalized spacial score (nSPS) is 10.8. The number of carboxylic acids is 1. The van der Waals surface area contributed by atoms with Crippen LogP contribution in [0.25, 0.3) is 11.0 Å². The van der Waals surface area contributed by atoms with Gasteiger partial charge in [0.1, 0.15) is 5.52 Å². The van der Waals surface area contributed by atoms with Crippen LogP contribution < -0.4 is 0 Å². The van der Waals surface area contributed by atoms with Crippen molar-refractivity contribution in [2.75, 3.05) is 19.8 Å². The van der Waals surface area contributed by atoms with Gasteiger partial charge in [0.15, 0.2) is 5.16 Å². The lowest BCUT2D eigenvalue weighted by Crippen LogP contribution is -2.23. The molecule has 0 radical (unpaired) electrons. The van der Waals surface area contributed by atoms with Crippen LogP contribution >= 0.6 is 11.8 Å². The van der Waals surface area contributed by atoms with Crippen LogP contribution in [0.4, 0.5) is 0 Å². The molecule has 7 nitrogen and oxygen atoms in total. The second-order valence-corrected chi connectivity index (χ2v) is 5.57. The number of aromatic nitrogens is 3. The van der Waals surface area contributed by atoms with Gasteiger partial charge >= 0.3 is 5.97 Å². The average molecular weight is 308 g/mol. The van der Waals surface area contributed by atoms with E-state index in [9.17, 15) is 9.59 Å². The van der Waals surface area contributed by atoms with E-state index in [1.165, 1.54) is 4.90 Å². The molecule has 0 saturated heterocycles. The Bertz CT molecular complexity index is 668. The molecule has 0 spiro atoms. The molecule has 2 rings (SSSR count). The van der Waals surface area contributed by atoms with Gasteiger partial charge < -0.3 is 14.6 Å². The minimum atomic E-state index is -0.902. The van der Waals surface area contributed by atoms with Crippen LogP contribution in [-0.4, -0.2) is 56.3 Å². The van der Waals surface area contributed by atoms with Crippen molar-refractivity contribution in [3.05, 3.63) is 18.5 Å². The smallest absolute Gasteiger partial charge is 0.313 e. The molecule has 2 aromatic rings. The van der Waals surface area contributed by atoms with Gasteiger partial charge in [-0.15, -0.1) is 0 Å². The topological polar surface area (TPSA) is 88.3 Å². The van der Waals surface area contributed by atoms with Gasteiger partial charge in [-0.05, 0) is 6.07 Å². The van der Waals surface area contributed by atoms with E-state index in [2.05, 4.69) is 9.97 Å². The van der Waals surface area contributed by atoms with Gasteiger partial charge in [0.05, 0.1) is 17.5 Å². The first kappa shape index (κ1) is 15.3. The monoisotopic (exact) mass is 308 g/mol. The van der Waals surface area contributed by atoms with Gasteiger partial charge in [0.2, 0.25) is 5.91 Å². The number of amides is 1. The first-order chi connectivity index (χ1) is 9.99. The van der Waals surface area contributed by atoms with Gasteiger partial charge in [-0.3, -0.25) is 14.6 Å². The van der Waals surface area contributed by atoms with E-state index in [0.717, 1.165) is 17.3 Å². The third kappa shape index (κ3) is 3.72. The van der Waals surface area contributed by atoms with Crippen molar-refractivity contribution < 1.29 is 14.7 Å². The molecular formula is C13H16N4O3S. The average Bonchev–Trinajstić information content (AvgIpc) is 2.80. The van der Waals surface area contributed by atoms with Crippen molar-refractivity contribution >= 4 is 34.7 Å². The van der Waals surface area contributed by atoms with Crippen molar-refractivity contribution in [3.63, 3.8) is 0 Å². The molecule has 112 valence electrons. The number of hydrogen-bond donors (Lipinski definition) is 1. The predicted octanol–water partition coefficient (Wildman–Crippen LogP) is 1.09. The van der Waals surface area contributed by atoms with Gasteiger partial charge in [0, 0.05) is 33.3 Å². The highest BCUT2D eigenvalue weighted by Gasteiger charge is 2.14. The third-order valence-corrected chi connectivity index (χ3v) is 3.85. The fourth-order valence-electron chi connectivity index (χ4n) is 1.84. The molecule has 0 aromatic carbocycles. The molecular weight excluding hydrogens is 292 g/mol. The number of carboxylic acid groups (broad SMARTS) is 1. The summed E-state index contributed by atoms with van der Waals surface area (Å²) in [5, 5.41) is 9.39. The number of hydrogen-bond acceptors (Lipinski definition) is 5. The van der Waals surface area contributed by atoms with Crippen molar-refractivity contribution in [1.29, 1.82) is 0 Å². The van der Waals surface area contributed by atoms with Crippen LogP contribution in [0.2, 0.25) is 0 Å². The van der Waals surface area contributed by atoms with E-state index in [-0.39, 0.29) is 11.7 Å². The summed E-state index contributed by atoms with van der Waals surface area (Å²) >= 11 is 1.14. The third-order valence-electron chi connectivity index (χ3n) is 2.89. The first-order valence-electron chi connectivity index (χ1n) is 6.34. The van der Waals surface area contributed by atoms with E-state index in [1.807, 2.05) is 10.6 Å². The lowest BCUT2D eigenvalue weighted by atomic mass is 10.3. The summed E-state index contributed by atoms with van der Waals surface area (Å²) in [6.45, 7) is 0.458. The lowest BCUT2D eigenvalue weighted by Gasteiger charge is -2.12. The molecule has 1 N–H and O–H groups in total. The van der Waals surface area contributed by atoms with Gasteiger partial charge in [0.25, 0.3) is 0 Å². The number of aryl methyl sites for hydroxylation is 1. The molecule has 0 aliphatic carbocycles. The summed E-state index contributed by atoms with van der Waals surface area (Å²) in [5.74, 6) is -0.959. The number of thioether (sulfide) groups is 1. The van der Waals surface area contributed by atoms with Crippen LogP contribution in [0.5, 0.6) is 0 Å².